The number of fused-ring (bicyclic) bond motifs is 1. The van der Waals surface area contributed by atoms with E-state index < -0.39 is 21.9 Å². The van der Waals surface area contributed by atoms with Gasteiger partial charge in [-0.3, -0.25) is 4.79 Å². The summed E-state index contributed by atoms with van der Waals surface area (Å²) in [6, 6.07) is 8.05. The first-order chi connectivity index (χ1) is 11.9. The highest BCUT2D eigenvalue weighted by atomic mass is 32.2. The Morgan fingerprint density at radius 1 is 1.20 bits per heavy atom. The van der Waals surface area contributed by atoms with Crippen molar-refractivity contribution in [1.82, 2.24) is 13.9 Å². The van der Waals surface area contributed by atoms with Crippen LogP contribution in [0.1, 0.15) is 30.5 Å². The standard InChI is InChI=1S/C17H17N3O4S/c1-3-13(17(21)22)15-14-8-9-20(16(14)19-10-18-15)25(23,24)12-6-4-11(2)5-7-12/h4-10,13H,3H2,1-2H3,(H,21,22). The van der Waals surface area contributed by atoms with Gasteiger partial charge in [0.05, 0.1) is 16.5 Å². The number of aromatic nitrogens is 3. The molecule has 0 saturated heterocycles. The summed E-state index contributed by atoms with van der Waals surface area (Å²) in [5.74, 6) is -1.82. The van der Waals surface area contributed by atoms with Crippen LogP contribution in [0.4, 0.5) is 0 Å². The fraction of sp³-hybridized carbons (Fsp3) is 0.235. The van der Waals surface area contributed by atoms with Crippen molar-refractivity contribution in [3.8, 4) is 0 Å². The quantitative estimate of drug-likeness (QED) is 0.751. The summed E-state index contributed by atoms with van der Waals surface area (Å²) in [5.41, 5.74) is 1.44. The zero-order valence-corrected chi connectivity index (χ0v) is 14.6. The fourth-order valence-electron chi connectivity index (χ4n) is 2.73. The molecule has 0 fully saturated rings. The highest BCUT2D eigenvalue weighted by Gasteiger charge is 2.25. The summed E-state index contributed by atoms with van der Waals surface area (Å²) >= 11 is 0. The van der Waals surface area contributed by atoms with E-state index in [0.717, 1.165) is 9.54 Å². The summed E-state index contributed by atoms with van der Waals surface area (Å²) in [6.07, 6.45) is 2.92. The van der Waals surface area contributed by atoms with Crippen LogP contribution >= 0.6 is 0 Å². The van der Waals surface area contributed by atoms with Crippen molar-refractivity contribution >= 4 is 27.0 Å². The Hall–Kier alpha value is -2.74. The first kappa shape index (κ1) is 17.1. The third-order valence-corrected chi connectivity index (χ3v) is 5.77. The molecule has 1 aromatic carbocycles. The summed E-state index contributed by atoms with van der Waals surface area (Å²) in [6.45, 7) is 3.62. The number of benzene rings is 1. The molecule has 25 heavy (non-hydrogen) atoms. The van der Waals surface area contributed by atoms with Crippen LogP contribution < -0.4 is 0 Å². The van der Waals surface area contributed by atoms with Crippen LogP contribution in [0.5, 0.6) is 0 Å². The molecule has 7 nitrogen and oxygen atoms in total. The molecule has 2 aromatic heterocycles. The molecule has 0 saturated carbocycles. The first-order valence-electron chi connectivity index (χ1n) is 7.73. The van der Waals surface area contributed by atoms with E-state index in [4.69, 9.17) is 0 Å². The van der Waals surface area contributed by atoms with Crippen molar-refractivity contribution in [3.63, 3.8) is 0 Å². The molecule has 3 aromatic rings. The molecule has 3 rings (SSSR count). The minimum absolute atomic E-state index is 0.140. The van der Waals surface area contributed by atoms with Crippen molar-refractivity contribution in [1.29, 1.82) is 0 Å². The Bertz CT molecular complexity index is 1040. The van der Waals surface area contributed by atoms with Gasteiger partial charge in [-0.2, -0.15) is 0 Å². The van der Waals surface area contributed by atoms with E-state index in [0.29, 0.717) is 17.5 Å². The van der Waals surface area contributed by atoms with Crippen molar-refractivity contribution in [2.75, 3.05) is 0 Å². The normalized spacial score (nSPS) is 13.0. The van der Waals surface area contributed by atoms with E-state index in [1.807, 2.05) is 6.92 Å². The lowest BCUT2D eigenvalue weighted by Crippen LogP contribution is -2.15. The number of rotatable bonds is 5. The van der Waals surface area contributed by atoms with E-state index in [-0.39, 0.29) is 10.5 Å². The van der Waals surface area contributed by atoms with E-state index in [1.54, 1.807) is 25.1 Å². The Morgan fingerprint density at radius 3 is 2.48 bits per heavy atom. The molecule has 1 N–H and O–H groups in total. The van der Waals surface area contributed by atoms with E-state index in [2.05, 4.69) is 9.97 Å². The maximum absolute atomic E-state index is 12.9. The van der Waals surface area contributed by atoms with Gasteiger partial charge in [-0.05, 0) is 31.5 Å². The van der Waals surface area contributed by atoms with Crippen LogP contribution in [-0.2, 0) is 14.8 Å². The van der Waals surface area contributed by atoms with Gasteiger partial charge in [0.15, 0.2) is 5.65 Å². The number of hydrogen-bond acceptors (Lipinski definition) is 5. The smallest absolute Gasteiger partial charge is 0.312 e. The average Bonchev–Trinajstić information content (AvgIpc) is 3.01. The highest BCUT2D eigenvalue weighted by Crippen LogP contribution is 2.28. The lowest BCUT2D eigenvalue weighted by molar-refractivity contribution is -0.138. The number of carboxylic acid groups (broad SMARTS) is 1. The van der Waals surface area contributed by atoms with Crippen molar-refractivity contribution in [3.05, 3.63) is 54.1 Å². The largest absolute Gasteiger partial charge is 0.481 e. The van der Waals surface area contributed by atoms with Gasteiger partial charge in [0, 0.05) is 11.6 Å². The number of aryl methyl sites for hydroxylation is 1. The van der Waals surface area contributed by atoms with E-state index in [9.17, 15) is 18.3 Å². The van der Waals surface area contributed by atoms with E-state index in [1.165, 1.54) is 24.7 Å². The molecule has 1 unspecified atom stereocenters. The number of carboxylic acids is 1. The zero-order chi connectivity index (χ0) is 18.2. The predicted molar refractivity (Wildman–Crippen MR) is 92.0 cm³/mol. The minimum Gasteiger partial charge on any atom is -0.481 e. The molecule has 0 spiro atoms. The summed E-state index contributed by atoms with van der Waals surface area (Å²) in [4.78, 5) is 19.7. The molecule has 0 aliphatic rings. The second kappa shape index (κ2) is 6.29. The fourth-order valence-corrected chi connectivity index (χ4v) is 4.03. The summed E-state index contributed by atoms with van der Waals surface area (Å²) in [5, 5.41) is 9.79. The average molecular weight is 359 g/mol. The van der Waals surface area contributed by atoms with E-state index >= 15 is 0 Å². The third-order valence-electron chi connectivity index (χ3n) is 4.09. The van der Waals surface area contributed by atoms with Crippen LogP contribution in [0.25, 0.3) is 11.0 Å². The van der Waals surface area contributed by atoms with Crippen LogP contribution in [0, 0.1) is 6.92 Å². The van der Waals surface area contributed by atoms with Crippen molar-refractivity contribution in [2.45, 2.75) is 31.1 Å². The maximum Gasteiger partial charge on any atom is 0.312 e. The number of nitrogens with zero attached hydrogens (tertiary/aromatic N) is 3. The second-order valence-corrected chi connectivity index (χ2v) is 7.54. The lowest BCUT2D eigenvalue weighted by atomic mass is 10.0. The number of aliphatic carboxylic acids is 1. The molecule has 130 valence electrons. The van der Waals surface area contributed by atoms with Crippen LogP contribution in [0.15, 0.2) is 47.8 Å². The summed E-state index contributed by atoms with van der Waals surface area (Å²) in [7, 11) is -3.83. The molecule has 0 aliphatic carbocycles. The molecular formula is C17H17N3O4S. The Labute approximate surface area is 145 Å². The molecule has 0 bridgehead atoms. The Balaban J connectivity index is 2.19. The molecule has 0 radical (unpaired) electrons. The molecule has 2 heterocycles. The van der Waals surface area contributed by atoms with Gasteiger partial charge in [0.25, 0.3) is 10.0 Å². The molecule has 1 atom stereocenters. The van der Waals surface area contributed by atoms with Crippen LogP contribution in [-0.4, -0.2) is 33.4 Å². The highest BCUT2D eigenvalue weighted by molar-refractivity contribution is 7.90. The van der Waals surface area contributed by atoms with Crippen LogP contribution in [0.3, 0.4) is 0 Å². The Kier molecular flexibility index (Phi) is 4.30. The van der Waals surface area contributed by atoms with Gasteiger partial charge >= 0.3 is 5.97 Å². The molecule has 0 aliphatic heterocycles. The Morgan fingerprint density at radius 2 is 1.88 bits per heavy atom. The first-order valence-corrected chi connectivity index (χ1v) is 9.17. The topological polar surface area (TPSA) is 102 Å². The second-order valence-electron chi connectivity index (χ2n) is 5.72. The predicted octanol–water partition coefficient (Wildman–Crippen LogP) is 2.55. The molecule has 0 amide bonds. The van der Waals surface area contributed by atoms with Gasteiger partial charge in [0.2, 0.25) is 0 Å². The molecule has 8 heteroatoms. The van der Waals surface area contributed by atoms with Gasteiger partial charge < -0.3 is 5.11 Å². The van der Waals surface area contributed by atoms with Gasteiger partial charge in [-0.25, -0.2) is 22.4 Å². The zero-order valence-electron chi connectivity index (χ0n) is 13.7. The van der Waals surface area contributed by atoms with Crippen LogP contribution in [0.2, 0.25) is 0 Å². The van der Waals surface area contributed by atoms with Gasteiger partial charge in [-0.1, -0.05) is 24.6 Å². The van der Waals surface area contributed by atoms with Crippen molar-refractivity contribution in [2.24, 2.45) is 0 Å². The van der Waals surface area contributed by atoms with Crippen molar-refractivity contribution < 1.29 is 18.3 Å². The number of hydrogen-bond donors (Lipinski definition) is 1. The SMILES string of the molecule is CCC(C(=O)O)c1ncnc2c1ccn2S(=O)(=O)c1ccc(C)cc1. The maximum atomic E-state index is 12.9. The lowest BCUT2D eigenvalue weighted by Gasteiger charge is -2.11. The van der Waals surface area contributed by atoms with Gasteiger partial charge in [-0.15, -0.1) is 0 Å². The number of carbonyl (C=O) groups is 1. The third kappa shape index (κ3) is 2.89. The minimum atomic E-state index is -3.83. The van der Waals surface area contributed by atoms with Gasteiger partial charge in [0.1, 0.15) is 6.33 Å². The monoisotopic (exact) mass is 359 g/mol. The summed E-state index contributed by atoms with van der Waals surface area (Å²) < 4.78 is 26.8. The molecular weight excluding hydrogens is 342 g/mol.